The Morgan fingerprint density at radius 2 is 2.04 bits per heavy atom. The molecule has 27 heavy (non-hydrogen) atoms. The molecule has 0 amide bonds. The first kappa shape index (κ1) is 19.0. The largest absolute Gasteiger partial charge is 0.493 e. The minimum Gasteiger partial charge on any atom is -0.493 e. The Balaban J connectivity index is 1.74. The minimum absolute atomic E-state index is 0.125. The molecule has 0 fully saturated rings. The van der Waals surface area contributed by atoms with Gasteiger partial charge in [-0.05, 0) is 43.7 Å². The number of imidazole rings is 1. The second-order valence-electron chi connectivity index (χ2n) is 6.39. The van der Waals surface area contributed by atoms with Crippen LogP contribution in [0.3, 0.4) is 0 Å². The summed E-state index contributed by atoms with van der Waals surface area (Å²) in [7, 11) is 1.65. The summed E-state index contributed by atoms with van der Waals surface area (Å²) in [6.45, 7) is 10.0. The Morgan fingerprint density at radius 3 is 2.78 bits per heavy atom. The number of aromatic nitrogens is 2. The van der Waals surface area contributed by atoms with Gasteiger partial charge in [0.2, 0.25) is 0 Å². The maximum absolute atomic E-state index is 5.61. The van der Waals surface area contributed by atoms with Crippen LogP contribution < -0.4 is 14.8 Å². The first-order chi connectivity index (χ1) is 13.2. The van der Waals surface area contributed by atoms with E-state index in [1.54, 1.807) is 13.2 Å². The number of rotatable bonds is 9. The van der Waals surface area contributed by atoms with Crippen LogP contribution in [0.2, 0.25) is 0 Å². The summed E-state index contributed by atoms with van der Waals surface area (Å²) in [6, 6.07) is 14.4. The summed E-state index contributed by atoms with van der Waals surface area (Å²) in [5, 5.41) is 3.57. The van der Waals surface area contributed by atoms with Crippen molar-refractivity contribution in [1.29, 1.82) is 0 Å². The third-order valence-corrected chi connectivity index (χ3v) is 4.58. The average Bonchev–Trinajstić information content (AvgIpc) is 3.09. The van der Waals surface area contributed by atoms with E-state index in [-0.39, 0.29) is 6.04 Å². The van der Waals surface area contributed by atoms with Crippen LogP contribution in [-0.2, 0) is 13.1 Å². The molecule has 2 aromatic carbocycles. The van der Waals surface area contributed by atoms with Crippen molar-refractivity contribution in [2.75, 3.05) is 13.7 Å². The van der Waals surface area contributed by atoms with E-state index >= 15 is 0 Å². The van der Waals surface area contributed by atoms with Crippen molar-refractivity contribution in [2.24, 2.45) is 0 Å². The highest BCUT2D eigenvalue weighted by Crippen LogP contribution is 2.28. The summed E-state index contributed by atoms with van der Waals surface area (Å²) < 4.78 is 13.3. The lowest BCUT2D eigenvalue weighted by Gasteiger charge is -2.16. The lowest BCUT2D eigenvalue weighted by Crippen LogP contribution is -2.21. The van der Waals surface area contributed by atoms with Crippen molar-refractivity contribution >= 4 is 11.0 Å². The average molecular weight is 365 g/mol. The molecule has 1 unspecified atom stereocenters. The highest BCUT2D eigenvalue weighted by Gasteiger charge is 2.15. The number of benzene rings is 2. The van der Waals surface area contributed by atoms with Crippen molar-refractivity contribution in [2.45, 2.75) is 33.0 Å². The molecule has 0 bridgehead atoms. The molecule has 3 aromatic rings. The van der Waals surface area contributed by atoms with Gasteiger partial charge in [-0.3, -0.25) is 0 Å². The Hall–Kier alpha value is -2.79. The van der Waals surface area contributed by atoms with Gasteiger partial charge >= 0.3 is 0 Å². The van der Waals surface area contributed by atoms with Gasteiger partial charge in [0.1, 0.15) is 12.4 Å². The molecule has 1 heterocycles. The number of nitrogens with zero attached hydrogens (tertiary/aromatic N) is 2. The van der Waals surface area contributed by atoms with Gasteiger partial charge in [-0.25, -0.2) is 4.98 Å². The molecule has 142 valence electrons. The van der Waals surface area contributed by atoms with Gasteiger partial charge in [0, 0.05) is 13.1 Å². The zero-order valence-electron chi connectivity index (χ0n) is 16.2. The van der Waals surface area contributed by atoms with Gasteiger partial charge in [-0.15, -0.1) is 0 Å². The van der Waals surface area contributed by atoms with E-state index in [1.165, 1.54) is 5.52 Å². The maximum Gasteiger partial charge on any atom is 0.161 e. The maximum atomic E-state index is 5.61. The minimum atomic E-state index is 0.125. The fourth-order valence-electron chi connectivity index (χ4n) is 3.21. The monoisotopic (exact) mass is 365 g/mol. The van der Waals surface area contributed by atoms with Crippen LogP contribution in [0.1, 0.15) is 31.3 Å². The highest BCUT2D eigenvalue weighted by molar-refractivity contribution is 5.76. The van der Waals surface area contributed by atoms with E-state index in [1.807, 2.05) is 24.3 Å². The second-order valence-corrected chi connectivity index (χ2v) is 6.39. The molecule has 0 saturated heterocycles. The van der Waals surface area contributed by atoms with Crippen LogP contribution >= 0.6 is 0 Å². The van der Waals surface area contributed by atoms with Crippen molar-refractivity contribution in [3.63, 3.8) is 0 Å². The quantitative estimate of drug-likeness (QED) is 0.568. The lowest BCUT2D eigenvalue weighted by molar-refractivity contribution is 0.326. The van der Waals surface area contributed by atoms with E-state index in [9.17, 15) is 0 Å². The topological polar surface area (TPSA) is 48.3 Å². The second kappa shape index (κ2) is 8.73. The third kappa shape index (κ3) is 4.14. The number of nitrogens with one attached hydrogen (secondary N) is 1. The smallest absolute Gasteiger partial charge is 0.161 e. The molecule has 1 atom stereocenters. The number of para-hydroxylation sites is 2. The summed E-state index contributed by atoms with van der Waals surface area (Å²) in [6.07, 6.45) is 1.72. The molecule has 0 aliphatic rings. The van der Waals surface area contributed by atoms with Crippen molar-refractivity contribution in [3.05, 3.63) is 66.5 Å². The summed E-state index contributed by atoms with van der Waals surface area (Å²) in [4.78, 5) is 4.82. The van der Waals surface area contributed by atoms with Crippen LogP contribution in [-0.4, -0.2) is 23.3 Å². The number of methoxy groups -OCH3 is 1. The molecule has 3 rings (SSSR count). The zero-order chi connectivity index (χ0) is 19.2. The first-order valence-corrected chi connectivity index (χ1v) is 9.27. The summed E-state index contributed by atoms with van der Waals surface area (Å²) in [5.41, 5.74) is 3.34. The molecule has 0 radical (unpaired) electrons. The number of ether oxygens (including phenoxy) is 2. The molecule has 1 N–H and O–H groups in total. The lowest BCUT2D eigenvalue weighted by atomic mass is 10.2. The summed E-state index contributed by atoms with van der Waals surface area (Å²) >= 11 is 0. The molecule has 1 aromatic heterocycles. The molecular weight excluding hydrogens is 338 g/mol. The molecule has 0 aliphatic heterocycles. The number of hydrogen-bond donors (Lipinski definition) is 1. The predicted molar refractivity (Wildman–Crippen MR) is 109 cm³/mol. The molecule has 5 nitrogen and oxygen atoms in total. The SMILES string of the molecule is C=CCOc1ccc(CNC(C)c2nc3ccccc3n2CC)cc1OC. The van der Waals surface area contributed by atoms with Crippen LogP contribution in [0, 0.1) is 0 Å². The van der Waals surface area contributed by atoms with Crippen LogP contribution in [0.5, 0.6) is 11.5 Å². The number of fused-ring (bicyclic) bond motifs is 1. The van der Waals surface area contributed by atoms with Crippen LogP contribution in [0.25, 0.3) is 11.0 Å². The Morgan fingerprint density at radius 1 is 1.22 bits per heavy atom. The van der Waals surface area contributed by atoms with Crippen molar-refractivity contribution in [3.8, 4) is 11.5 Å². The predicted octanol–water partition coefficient (Wildman–Crippen LogP) is 4.48. The summed E-state index contributed by atoms with van der Waals surface area (Å²) in [5.74, 6) is 2.50. The first-order valence-electron chi connectivity index (χ1n) is 9.27. The van der Waals surface area contributed by atoms with E-state index in [2.05, 4.69) is 48.5 Å². The van der Waals surface area contributed by atoms with E-state index in [0.717, 1.165) is 34.9 Å². The standard InChI is InChI=1S/C22H27N3O2/c1-5-13-27-20-12-11-17(14-21(20)26-4)15-23-16(3)22-24-18-9-7-8-10-19(18)25(22)6-2/h5,7-12,14,16,23H,1,6,13,15H2,2-4H3. The van der Waals surface area contributed by atoms with E-state index in [4.69, 9.17) is 14.5 Å². The Bertz CT molecular complexity index is 917. The molecule has 5 heteroatoms. The molecule has 0 spiro atoms. The Kier molecular flexibility index (Phi) is 6.14. The van der Waals surface area contributed by atoms with Gasteiger partial charge in [0.15, 0.2) is 11.5 Å². The fraction of sp³-hybridized carbons (Fsp3) is 0.318. The van der Waals surface area contributed by atoms with Gasteiger partial charge in [-0.2, -0.15) is 0 Å². The van der Waals surface area contributed by atoms with Crippen molar-refractivity contribution in [1.82, 2.24) is 14.9 Å². The number of aryl methyl sites for hydroxylation is 1. The normalized spacial score (nSPS) is 12.1. The van der Waals surface area contributed by atoms with Gasteiger partial charge in [-0.1, -0.05) is 30.9 Å². The number of hydrogen-bond acceptors (Lipinski definition) is 4. The van der Waals surface area contributed by atoms with Gasteiger partial charge in [0.05, 0.1) is 24.2 Å². The van der Waals surface area contributed by atoms with Gasteiger partial charge in [0.25, 0.3) is 0 Å². The molecule has 0 saturated carbocycles. The molecular formula is C22H27N3O2. The van der Waals surface area contributed by atoms with Crippen LogP contribution in [0.4, 0.5) is 0 Å². The zero-order valence-corrected chi connectivity index (χ0v) is 16.2. The highest BCUT2D eigenvalue weighted by atomic mass is 16.5. The molecule has 0 aliphatic carbocycles. The van der Waals surface area contributed by atoms with E-state index in [0.29, 0.717) is 13.2 Å². The fourth-order valence-corrected chi connectivity index (χ4v) is 3.21. The van der Waals surface area contributed by atoms with Crippen LogP contribution in [0.15, 0.2) is 55.1 Å². The van der Waals surface area contributed by atoms with Crippen molar-refractivity contribution < 1.29 is 9.47 Å². The Labute approximate surface area is 160 Å². The van der Waals surface area contributed by atoms with E-state index < -0.39 is 0 Å². The van der Waals surface area contributed by atoms with Gasteiger partial charge < -0.3 is 19.4 Å². The third-order valence-electron chi connectivity index (χ3n) is 4.58.